The van der Waals surface area contributed by atoms with Crippen molar-refractivity contribution < 1.29 is 8.81 Å². The Bertz CT molecular complexity index is 574. The number of hydrogen-bond donors (Lipinski definition) is 1. The Labute approximate surface area is 118 Å². The predicted molar refractivity (Wildman–Crippen MR) is 75.4 cm³/mol. The van der Waals surface area contributed by atoms with Crippen LogP contribution < -0.4 is 5.32 Å². The molecule has 2 rings (SSSR count). The third kappa shape index (κ3) is 3.63. The van der Waals surface area contributed by atoms with E-state index in [-0.39, 0.29) is 11.2 Å². The van der Waals surface area contributed by atoms with Crippen molar-refractivity contribution in [3.63, 3.8) is 0 Å². The van der Waals surface area contributed by atoms with Gasteiger partial charge in [0.25, 0.3) is 0 Å². The standard InChI is InChI=1S/C15H20FN3O/c1-10(15(2,3)4)17-9-13-18-19-14(20-13)11-6-5-7-12(16)8-11/h5-8,10,17H,9H2,1-4H3/t10-/m1/s1. The van der Waals surface area contributed by atoms with Crippen molar-refractivity contribution in [2.75, 3.05) is 0 Å². The fraction of sp³-hybridized carbons (Fsp3) is 0.467. The minimum atomic E-state index is -0.318. The van der Waals surface area contributed by atoms with Gasteiger partial charge in [-0.05, 0) is 30.5 Å². The maximum absolute atomic E-state index is 13.1. The summed E-state index contributed by atoms with van der Waals surface area (Å²) in [4.78, 5) is 0. The molecule has 0 spiro atoms. The minimum absolute atomic E-state index is 0.158. The number of aromatic nitrogens is 2. The third-order valence-corrected chi connectivity index (χ3v) is 3.40. The molecule has 1 N–H and O–H groups in total. The van der Waals surface area contributed by atoms with Gasteiger partial charge in [0.05, 0.1) is 6.54 Å². The largest absolute Gasteiger partial charge is 0.419 e. The summed E-state index contributed by atoms with van der Waals surface area (Å²) in [6.07, 6.45) is 0. The molecule has 1 atom stereocenters. The van der Waals surface area contributed by atoms with Gasteiger partial charge in [-0.25, -0.2) is 4.39 Å². The molecule has 108 valence electrons. The van der Waals surface area contributed by atoms with Gasteiger partial charge in [-0.3, -0.25) is 0 Å². The smallest absolute Gasteiger partial charge is 0.247 e. The molecule has 20 heavy (non-hydrogen) atoms. The lowest BCUT2D eigenvalue weighted by Gasteiger charge is -2.27. The zero-order valence-electron chi connectivity index (χ0n) is 12.3. The highest BCUT2D eigenvalue weighted by atomic mass is 19.1. The first-order valence-corrected chi connectivity index (χ1v) is 6.68. The van der Waals surface area contributed by atoms with Crippen LogP contribution in [0.4, 0.5) is 4.39 Å². The second kappa shape index (κ2) is 5.71. The van der Waals surface area contributed by atoms with Crippen LogP contribution in [0.2, 0.25) is 0 Å². The van der Waals surface area contributed by atoms with Crippen LogP contribution >= 0.6 is 0 Å². The van der Waals surface area contributed by atoms with Gasteiger partial charge in [0.15, 0.2) is 0 Å². The molecule has 1 aromatic heterocycles. The van der Waals surface area contributed by atoms with E-state index in [1.807, 2.05) is 0 Å². The van der Waals surface area contributed by atoms with Crippen molar-refractivity contribution in [3.05, 3.63) is 36.0 Å². The molecule has 0 aliphatic heterocycles. The molecule has 1 aromatic carbocycles. The van der Waals surface area contributed by atoms with E-state index in [1.165, 1.54) is 12.1 Å². The summed E-state index contributed by atoms with van der Waals surface area (Å²) in [6.45, 7) is 9.11. The van der Waals surface area contributed by atoms with Crippen LogP contribution in [0.1, 0.15) is 33.6 Å². The van der Waals surface area contributed by atoms with Crippen LogP contribution in [0, 0.1) is 11.2 Å². The molecule has 5 heteroatoms. The van der Waals surface area contributed by atoms with E-state index in [2.05, 4.69) is 43.2 Å². The summed E-state index contributed by atoms with van der Waals surface area (Å²) >= 11 is 0. The van der Waals surface area contributed by atoms with E-state index in [0.717, 1.165) is 0 Å². The topological polar surface area (TPSA) is 51.0 Å². The summed E-state index contributed by atoms with van der Waals surface area (Å²) in [5, 5.41) is 11.3. The van der Waals surface area contributed by atoms with Crippen LogP contribution in [-0.4, -0.2) is 16.2 Å². The first-order valence-electron chi connectivity index (χ1n) is 6.68. The van der Waals surface area contributed by atoms with Crippen LogP contribution in [0.15, 0.2) is 28.7 Å². The molecule has 0 aliphatic carbocycles. The average molecular weight is 277 g/mol. The lowest BCUT2D eigenvalue weighted by Crippen LogP contribution is -2.37. The van der Waals surface area contributed by atoms with Crippen molar-refractivity contribution in [3.8, 4) is 11.5 Å². The van der Waals surface area contributed by atoms with Gasteiger partial charge < -0.3 is 9.73 Å². The van der Waals surface area contributed by atoms with E-state index < -0.39 is 0 Å². The predicted octanol–water partition coefficient (Wildman–Crippen LogP) is 3.40. The van der Waals surface area contributed by atoms with Crippen molar-refractivity contribution in [2.45, 2.75) is 40.3 Å². The van der Waals surface area contributed by atoms with Crippen molar-refractivity contribution in [1.29, 1.82) is 0 Å². The van der Waals surface area contributed by atoms with E-state index in [1.54, 1.807) is 12.1 Å². The minimum Gasteiger partial charge on any atom is -0.419 e. The summed E-state index contributed by atoms with van der Waals surface area (Å²) in [6, 6.07) is 6.43. The summed E-state index contributed by atoms with van der Waals surface area (Å²) in [7, 11) is 0. The van der Waals surface area contributed by atoms with E-state index in [4.69, 9.17) is 4.42 Å². The Morgan fingerprint density at radius 2 is 2.05 bits per heavy atom. The van der Waals surface area contributed by atoms with Crippen LogP contribution in [0.5, 0.6) is 0 Å². The van der Waals surface area contributed by atoms with Crippen molar-refractivity contribution in [2.24, 2.45) is 5.41 Å². The number of halogens is 1. The molecular formula is C15H20FN3O. The molecule has 0 saturated heterocycles. The molecule has 0 radical (unpaired) electrons. The molecule has 0 fully saturated rings. The molecule has 2 aromatic rings. The maximum Gasteiger partial charge on any atom is 0.247 e. The fourth-order valence-electron chi connectivity index (χ4n) is 1.61. The van der Waals surface area contributed by atoms with Gasteiger partial charge in [-0.15, -0.1) is 10.2 Å². The lowest BCUT2D eigenvalue weighted by molar-refractivity contribution is 0.277. The zero-order chi connectivity index (χ0) is 14.8. The Morgan fingerprint density at radius 1 is 1.30 bits per heavy atom. The van der Waals surface area contributed by atoms with Crippen LogP contribution in [0.3, 0.4) is 0 Å². The van der Waals surface area contributed by atoms with Gasteiger partial charge in [0, 0.05) is 11.6 Å². The Hall–Kier alpha value is -1.75. The van der Waals surface area contributed by atoms with Crippen LogP contribution in [-0.2, 0) is 6.54 Å². The van der Waals surface area contributed by atoms with Gasteiger partial charge >= 0.3 is 0 Å². The number of nitrogens with one attached hydrogen (secondary N) is 1. The SMILES string of the molecule is C[C@@H](NCc1nnc(-c2cccc(F)c2)o1)C(C)(C)C. The summed E-state index contributed by atoms with van der Waals surface area (Å²) in [5.41, 5.74) is 0.749. The second-order valence-electron chi connectivity index (χ2n) is 5.98. The Morgan fingerprint density at radius 3 is 2.70 bits per heavy atom. The van der Waals surface area contributed by atoms with Crippen molar-refractivity contribution in [1.82, 2.24) is 15.5 Å². The fourth-order valence-corrected chi connectivity index (χ4v) is 1.61. The number of hydrogen-bond acceptors (Lipinski definition) is 4. The normalized spacial score (nSPS) is 13.4. The maximum atomic E-state index is 13.1. The van der Waals surface area contributed by atoms with Crippen molar-refractivity contribution >= 4 is 0 Å². The monoisotopic (exact) mass is 277 g/mol. The van der Waals surface area contributed by atoms with Gasteiger partial charge in [0.2, 0.25) is 11.8 Å². The number of benzene rings is 1. The first-order chi connectivity index (χ1) is 9.36. The summed E-state index contributed by atoms with van der Waals surface area (Å²) < 4.78 is 18.7. The van der Waals surface area contributed by atoms with Gasteiger partial charge in [-0.1, -0.05) is 26.8 Å². The molecule has 0 saturated carbocycles. The molecular weight excluding hydrogens is 257 g/mol. The Kier molecular flexibility index (Phi) is 4.18. The lowest BCUT2D eigenvalue weighted by atomic mass is 9.88. The molecule has 0 unspecified atom stereocenters. The van der Waals surface area contributed by atoms with Gasteiger partial charge in [0.1, 0.15) is 5.82 Å². The first kappa shape index (κ1) is 14.7. The molecule has 0 aliphatic rings. The highest BCUT2D eigenvalue weighted by Crippen LogP contribution is 2.20. The number of nitrogens with zero attached hydrogens (tertiary/aromatic N) is 2. The average Bonchev–Trinajstić information content (AvgIpc) is 2.83. The molecule has 1 heterocycles. The van der Waals surface area contributed by atoms with E-state index in [0.29, 0.717) is 29.9 Å². The highest BCUT2D eigenvalue weighted by molar-refractivity contribution is 5.52. The quantitative estimate of drug-likeness (QED) is 0.930. The molecule has 0 bridgehead atoms. The number of rotatable bonds is 4. The third-order valence-electron chi connectivity index (χ3n) is 3.40. The zero-order valence-corrected chi connectivity index (χ0v) is 12.3. The highest BCUT2D eigenvalue weighted by Gasteiger charge is 2.20. The molecule has 4 nitrogen and oxygen atoms in total. The van der Waals surface area contributed by atoms with Gasteiger partial charge in [-0.2, -0.15) is 0 Å². The van der Waals surface area contributed by atoms with E-state index in [9.17, 15) is 4.39 Å². The van der Waals surface area contributed by atoms with Crippen LogP contribution in [0.25, 0.3) is 11.5 Å². The molecule has 0 amide bonds. The van der Waals surface area contributed by atoms with E-state index >= 15 is 0 Å². The summed E-state index contributed by atoms with van der Waals surface area (Å²) in [5.74, 6) is 0.520. The Balaban J connectivity index is 2.03. The second-order valence-corrected chi connectivity index (χ2v) is 5.98.